The van der Waals surface area contributed by atoms with Crippen LogP contribution in [0.2, 0.25) is 0 Å². The van der Waals surface area contributed by atoms with Gasteiger partial charge >= 0.3 is 18.0 Å². The van der Waals surface area contributed by atoms with Gasteiger partial charge in [0, 0.05) is 12.8 Å². The number of rotatable bonds is 6. The molecule has 1 aliphatic carbocycles. The number of urea groups is 1. The number of imide groups is 2. The lowest BCUT2D eigenvalue weighted by Crippen LogP contribution is -2.65. The normalized spacial score (nSPS) is 25.6. The van der Waals surface area contributed by atoms with E-state index in [0.717, 1.165) is 25.7 Å². The summed E-state index contributed by atoms with van der Waals surface area (Å²) in [7, 11) is 0. The van der Waals surface area contributed by atoms with Crippen molar-refractivity contribution in [1.82, 2.24) is 10.4 Å². The highest BCUT2D eigenvalue weighted by atomic mass is 16.6. The van der Waals surface area contributed by atoms with Gasteiger partial charge in [0.05, 0.1) is 19.0 Å². The lowest BCUT2D eigenvalue weighted by atomic mass is 9.91. The van der Waals surface area contributed by atoms with Crippen molar-refractivity contribution in [3.63, 3.8) is 0 Å². The molecular formula is C21H36N3O6+. The van der Waals surface area contributed by atoms with Crippen molar-refractivity contribution < 1.29 is 33.6 Å². The number of hydroxylamine groups is 2. The minimum atomic E-state index is -0.888. The highest BCUT2D eigenvalue weighted by molar-refractivity contribution is 5.93. The van der Waals surface area contributed by atoms with E-state index in [-0.39, 0.29) is 31.4 Å². The molecule has 0 radical (unpaired) electrons. The van der Waals surface area contributed by atoms with Crippen LogP contribution in [0.3, 0.4) is 0 Å². The van der Waals surface area contributed by atoms with Crippen LogP contribution in [-0.2, 0) is 14.3 Å². The first-order valence-corrected chi connectivity index (χ1v) is 10.9. The van der Waals surface area contributed by atoms with Crippen LogP contribution in [0, 0.1) is 11.8 Å². The summed E-state index contributed by atoms with van der Waals surface area (Å²) < 4.78 is 4.68. The number of amides is 5. The molecule has 1 saturated heterocycles. The quantitative estimate of drug-likeness (QED) is 0.292. The lowest BCUT2D eigenvalue weighted by molar-refractivity contribution is -0.786. The van der Waals surface area contributed by atoms with Crippen LogP contribution in [0.1, 0.15) is 72.6 Å². The second kappa shape index (κ2) is 9.87. The van der Waals surface area contributed by atoms with Crippen LogP contribution >= 0.6 is 0 Å². The van der Waals surface area contributed by atoms with Crippen LogP contribution in [0.15, 0.2) is 0 Å². The molecule has 2 rings (SSSR count). The number of carbonyl (C=O) groups excluding carboxylic acids is 4. The molecule has 2 fully saturated rings. The van der Waals surface area contributed by atoms with Gasteiger partial charge in [-0.2, -0.15) is 4.48 Å². The molecule has 30 heavy (non-hydrogen) atoms. The summed E-state index contributed by atoms with van der Waals surface area (Å²) in [6.45, 7) is 7.02. The number of hydrogen-bond donors (Lipinski definition) is 2. The molecule has 0 bridgehead atoms. The number of hydrogen-bond acceptors (Lipinski definition) is 6. The van der Waals surface area contributed by atoms with Gasteiger partial charge in [-0.25, -0.2) is 24.8 Å². The van der Waals surface area contributed by atoms with E-state index in [9.17, 15) is 24.4 Å². The topological polar surface area (TPSA) is 113 Å². The third kappa shape index (κ3) is 5.78. The van der Waals surface area contributed by atoms with Gasteiger partial charge in [-0.15, -0.1) is 0 Å². The van der Waals surface area contributed by atoms with Gasteiger partial charge in [-0.1, -0.05) is 25.7 Å². The van der Waals surface area contributed by atoms with E-state index in [1.54, 1.807) is 20.8 Å². The van der Waals surface area contributed by atoms with E-state index >= 15 is 0 Å². The molecule has 170 valence electrons. The van der Waals surface area contributed by atoms with Gasteiger partial charge in [0.15, 0.2) is 0 Å². The fourth-order valence-corrected chi connectivity index (χ4v) is 4.79. The summed E-state index contributed by atoms with van der Waals surface area (Å²) in [6, 6.07) is -1.01. The second-order valence-corrected chi connectivity index (χ2v) is 9.66. The zero-order valence-corrected chi connectivity index (χ0v) is 18.6. The van der Waals surface area contributed by atoms with Crippen molar-refractivity contribution >= 4 is 24.4 Å². The van der Waals surface area contributed by atoms with Crippen LogP contribution in [0.4, 0.5) is 9.59 Å². The molecule has 2 aliphatic rings. The molecule has 0 aromatic carbocycles. The van der Waals surface area contributed by atoms with E-state index in [1.807, 2.05) is 6.92 Å². The highest BCUT2D eigenvalue weighted by Gasteiger charge is 2.55. The summed E-state index contributed by atoms with van der Waals surface area (Å²) in [5.74, 6) is -0.715. The van der Waals surface area contributed by atoms with Crippen molar-refractivity contribution in [3.05, 3.63) is 0 Å². The molecule has 2 N–H and O–H groups in total. The van der Waals surface area contributed by atoms with Gasteiger partial charge in [0.2, 0.25) is 6.41 Å². The van der Waals surface area contributed by atoms with Gasteiger partial charge in [-0.05, 0) is 40.0 Å². The standard InChI is InChI=1S/C21H35N3O6/c1-15-8-7-11-24(15,19(27)22-20(28)30-21(2,3)4)18(26)17(13-23(29)14-25)12-16-9-5-6-10-16/h14-17,29H,5-13H2,1-4H3/p+1/t15-,17-,24?/m1/s1. The molecule has 3 atom stereocenters. The average Bonchev–Trinajstić information content (AvgIpc) is 3.28. The van der Waals surface area contributed by atoms with E-state index in [2.05, 4.69) is 5.32 Å². The van der Waals surface area contributed by atoms with Crippen LogP contribution < -0.4 is 5.32 Å². The average molecular weight is 427 g/mol. The van der Waals surface area contributed by atoms with E-state index in [4.69, 9.17) is 4.74 Å². The largest absolute Gasteiger partial charge is 0.443 e. The maximum Gasteiger partial charge on any atom is 0.433 e. The van der Waals surface area contributed by atoms with E-state index < -0.39 is 28.1 Å². The van der Waals surface area contributed by atoms with Crippen molar-refractivity contribution in [2.75, 3.05) is 13.1 Å². The summed E-state index contributed by atoms with van der Waals surface area (Å²) in [6.07, 6.45) is 5.41. The molecule has 1 unspecified atom stereocenters. The molecular weight excluding hydrogens is 390 g/mol. The summed E-state index contributed by atoms with van der Waals surface area (Å²) >= 11 is 0. The van der Waals surface area contributed by atoms with Gasteiger partial charge in [0.25, 0.3) is 0 Å². The summed E-state index contributed by atoms with van der Waals surface area (Å²) in [4.78, 5) is 50.1. The summed E-state index contributed by atoms with van der Waals surface area (Å²) in [5, 5.41) is 12.5. The first kappa shape index (κ1) is 24.3. The number of nitrogens with zero attached hydrogens (tertiary/aromatic N) is 2. The number of nitrogens with one attached hydrogen (secondary N) is 1. The van der Waals surface area contributed by atoms with E-state index in [1.165, 1.54) is 0 Å². The monoisotopic (exact) mass is 426 g/mol. The number of carbonyl (C=O) groups is 4. The first-order valence-electron chi connectivity index (χ1n) is 10.9. The van der Waals surface area contributed by atoms with Crippen LogP contribution in [0.5, 0.6) is 0 Å². The molecule has 9 nitrogen and oxygen atoms in total. The van der Waals surface area contributed by atoms with Crippen molar-refractivity contribution in [2.24, 2.45) is 11.8 Å². The third-order valence-electron chi connectivity index (χ3n) is 6.22. The Labute approximate surface area is 178 Å². The van der Waals surface area contributed by atoms with Crippen LogP contribution in [-0.4, -0.2) is 63.9 Å². The minimum Gasteiger partial charge on any atom is -0.443 e. The van der Waals surface area contributed by atoms with Crippen molar-refractivity contribution in [2.45, 2.75) is 84.3 Å². The Kier molecular flexibility index (Phi) is 7.99. The second-order valence-electron chi connectivity index (χ2n) is 9.66. The summed E-state index contributed by atoms with van der Waals surface area (Å²) in [5.41, 5.74) is -0.776. The molecule has 5 amide bonds. The number of ether oxygens (including phenoxy) is 1. The minimum absolute atomic E-state index is 0.161. The Morgan fingerprint density at radius 2 is 1.83 bits per heavy atom. The number of alkyl carbamates (subject to hydrolysis) is 1. The van der Waals surface area contributed by atoms with Crippen LogP contribution in [0.25, 0.3) is 0 Å². The smallest absolute Gasteiger partial charge is 0.433 e. The fraction of sp³-hybridized carbons (Fsp3) is 0.810. The number of likely N-dealkylation sites (tertiary alicyclic amines) is 1. The predicted molar refractivity (Wildman–Crippen MR) is 108 cm³/mol. The van der Waals surface area contributed by atoms with Crippen molar-refractivity contribution in [1.29, 1.82) is 0 Å². The molecule has 1 aliphatic heterocycles. The maximum absolute atomic E-state index is 13.7. The van der Waals surface area contributed by atoms with Gasteiger partial charge in [0.1, 0.15) is 11.6 Å². The fourth-order valence-electron chi connectivity index (χ4n) is 4.79. The molecule has 0 aromatic rings. The Morgan fingerprint density at radius 3 is 2.33 bits per heavy atom. The van der Waals surface area contributed by atoms with Gasteiger partial charge in [-0.3, -0.25) is 10.0 Å². The number of quaternary nitrogens is 1. The molecule has 9 heteroatoms. The Balaban J connectivity index is 2.26. The Bertz CT molecular complexity index is 656. The van der Waals surface area contributed by atoms with Crippen molar-refractivity contribution in [3.8, 4) is 0 Å². The highest BCUT2D eigenvalue weighted by Crippen LogP contribution is 2.35. The third-order valence-corrected chi connectivity index (χ3v) is 6.22. The Hall–Kier alpha value is -2.00. The first-order chi connectivity index (χ1) is 14.0. The Morgan fingerprint density at radius 1 is 1.20 bits per heavy atom. The van der Waals surface area contributed by atoms with Gasteiger partial charge < -0.3 is 4.74 Å². The molecule has 0 spiro atoms. The molecule has 1 saturated carbocycles. The molecule has 0 aromatic heterocycles. The zero-order chi connectivity index (χ0) is 22.5. The predicted octanol–water partition coefficient (Wildman–Crippen LogP) is 3.20. The molecule has 1 heterocycles. The van der Waals surface area contributed by atoms with E-state index in [0.29, 0.717) is 30.2 Å². The SMILES string of the molecule is C[C@@H]1CCC[N+]1(C(=O)NC(=O)OC(C)(C)C)C(=O)[C@H](CC1CCCC1)CN(O)C=O. The lowest BCUT2D eigenvalue weighted by Gasteiger charge is -2.36. The zero-order valence-electron chi connectivity index (χ0n) is 18.6. The maximum atomic E-state index is 13.7.